The topological polar surface area (TPSA) is 54.4 Å². The maximum atomic E-state index is 12.6. The molecule has 0 aliphatic rings. The highest BCUT2D eigenvalue weighted by Crippen LogP contribution is 2.31. The number of fused-ring (bicyclic) bond motifs is 1. The number of rotatable bonds is 6. The molecule has 0 saturated heterocycles. The molecule has 9 heteroatoms. The first-order valence-electron chi connectivity index (χ1n) is 9.46. The summed E-state index contributed by atoms with van der Waals surface area (Å²) in [5, 5.41) is 3.81. The molecule has 0 aliphatic carbocycles. The lowest BCUT2D eigenvalue weighted by Gasteiger charge is -2.05. The molecule has 0 atom stereocenters. The van der Waals surface area contributed by atoms with Gasteiger partial charge in [0.05, 0.1) is 22.0 Å². The van der Waals surface area contributed by atoms with Gasteiger partial charge in [-0.05, 0) is 47.5 Å². The Labute approximate surface area is 190 Å². The average Bonchev–Trinajstić information content (AvgIpc) is 3.21. The highest BCUT2D eigenvalue weighted by atomic mass is 32.2. The molecule has 162 valence electrons. The van der Waals surface area contributed by atoms with Crippen molar-refractivity contribution in [1.82, 2.24) is 10.4 Å². The molecule has 1 aromatic heterocycles. The van der Waals surface area contributed by atoms with Crippen LogP contribution in [0, 0.1) is 0 Å². The molecule has 0 aliphatic heterocycles. The zero-order valence-corrected chi connectivity index (χ0v) is 18.1. The molecule has 0 unspecified atom stereocenters. The number of aromatic nitrogens is 1. The number of nitrogens with zero attached hydrogens (tertiary/aromatic N) is 2. The minimum atomic E-state index is -4.39. The second-order valence-electron chi connectivity index (χ2n) is 6.75. The lowest BCUT2D eigenvalue weighted by atomic mass is 10.1. The maximum Gasteiger partial charge on any atom is 0.416 e. The lowest BCUT2D eigenvalue weighted by Crippen LogP contribution is -2.17. The Hall–Kier alpha value is -3.17. The molecular formula is C23H16F3N3OS2. The van der Waals surface area contributed by atoms with Gasteiger partial charge in [-0.15, -0.1) is 11.3 Å². The molecular weight excluding hydrogens is 455 g/mol. The molecule has 4 rings (SSSR count). The minimum Gasteiger partial charge on any atom is -0.267 e. The van der Waals surface area contributed by atoms with Crippen LogP contribution in [0.25, 0.3) is 10.2 Å². The number of nitrogens with one attached hydrogen (secondary N) is 1. The zero-order chi connectivity index (χ0) is 22.6. The fourth-order valence-electron chi connectivity index (χ4n) is 2.80. The van der Waals surface area contributed by atoms with Gasteiger partial charge < -0.3 is 0 Å². The number of thioether (sulfide) groups is 1. The number of amides is 1. The number of thiazole rings is 1. The predicted molar refractivity (Wildman–Crippen MR) is 122 cm³/mol. The number of alkyl halides is 3. The van der Waals surface area contributed by atoms with Crippen molar-refractivity contribution in [2.24, 2.45) is 5.10 Å². The molecule has 1 heterocycles. The normalized spacial score (nSPS) is 11.8. The van der Waals surface area contributed by atoms with E-state index < -0.39 is 17.6 Å². The SMILES string of the molecule is O=C(NN=Cc1ccc(C(F)(F)F)cc1)c1ccc(CSc2nc3ccccc3s2)cc1. The van der Waals surface area contributed by atoms with Crippen molar-refractivity contribution < 1.29 is 18.0 Å². The lowest BCUT2D eigenvalue weighted by molar-refractivity contribution is -0.137. The van der Waals surface area contributed by atoms with E-state index >= 15 is 0 Å². The Kier molecular flexibility index (Phi) is 6.57. The first-order valence-corrected chi connectivity index (χ1v) is 11.3. The second kappa shape index (κ2) is 9.54. The number of benzene rings is 3. The van der Waals surface area contributed by atoms with E-state index in [1.54, 1.807) is 35.2 Å². The summed E-state index contributed by atoms with van der Waals surface area (Å²) in [5.74, 6) is 0.326. The number of hydrogen-bond acceptors (Lipinski definition) is 5. The fourth-order valence-corrected chi connectivity index (χ4v) is 4.82. The van der Waals surface area contributed by atoms with Gasteiger partial charge in [0.25, 0.3) is 5.91 Å². The molecule has 0 radical (unpaired) electrons. The fraction of sp³-hybridized carbons (Fsp3) is 0.0870. The monoisotopic (exact) mass is 471 g/mol. The van der Waals surface area contributed by atoms with Crippen LogP contribution in [0.5, 0.6) is 0 Å². The summed E-state index contributed by atoms with van der Waals surface area (Å²) in [6, 6.07) is 19.7. The molecule has 4 aromatic rings. The first-order chi connectivity index (χ1) is 15.4. The Morgan fingerprint density at radius 3 is 2.44 bits per heavy atom. The van der Waals surface area contributed by atoms with Gasteiger partial charge in [0.2, 0.25) is 0 Å². The van der Waals surface area contributed by atoms with Gasteiger partial charge in [0.1, 0.15) is 0 Å². The predicted octanol–water partition coefficient (Wildman–Crippen LogP) is 6.37. The number of carbonyl (C=O) groups excluding carboxylic acids is 1. The van der Waals surface area contributed by atoms with Crippen molar-refractivity contribution in [1.29, 1.82) is 0 Å². The van der Waals surface area contributed by atoms with E-state index in [0.29, 0.717) is 11.1 Å². The van der Waals surface area contributed by atoms with Crippen LogP contribution in [0.4, 0.5) is 13.2 Å². The van der Waals surface area contributed by atoms with Crippen LogP contribution in [-0.4, -0.2) is 17.1 Å². The molecule has 3 aromatic carbocycles. The number of halogens is 3. The van der Waals surface area contributed by atoms with Gasteiger partial charge in [-0.1, -0.05) is 48.2 Å². The van der Waals surface area contributed by atoms with Gasteiger partial charge in [-0.25, -0.2) is 10.4 Å². The van der Waals surface area contributed by atoms with Gasteiger partial charge in [0, 0.05) is 11.3 Å². The van der Waals surface area contributed by atoms with Gasteiger partial charge in [-0.2, -0.15) is 18.3 Å². The van der Waals surface area contributed by atoms with Crippen molar-refractivity contribution in [2.45, 2.75) is 16.3 Å². The Morgan fingerprint density at radius 2 is 1.75 bits per heavy atom. The number of hydrazone groups is 1. The van der Waals surface area contributed by atoms with E-state index in [9.17, 15) is 18.0 Å². The second-order valence-corrected chi connectivity index (χ2v) is 9.01. The third-order valence-corrected chi connectivity index (χ3v) is 6.72. The van der Waals surface area contributed by atoms with Crippen LogP contribution in [0.2, 0.25) is 0 Å². The van der Waals surface area contributed by atoms with Crippen molar-refractivity contribution in [3.63, 3.8) is 0 Å². The highest BCUT2D eigenvalue weighted by molar-refractivity contribution is 8.00. The first kappa shape index (κ1) is 22.0. The van der Waals surface area contributed by atoms with Gasteiger partial charge >= 0.3 is 6.18 Å². The van der Waals surface area contributed by atoms with E-state index in [1.807, 2.05) is 36.4 Å². The van der Waals surface area contributed by atoms with Crippen LogP contribution in [-0.2, 0) is 11.9 Å². The van der Waals surface area contributed by atoms with Crippen LogP contribution >= 0.6 is 23.1 Å². The Balaban J connectivity index is 1.30. The highest BCUT2D eigenvalue weighted by Gasteiger charge is 2.29. The molecule has 0 spiro atoms. The smallest absolute Gasteiger partial charge is 0.267 e. The molecule has 4 nitrogen and oxygen atoms in total. The quantitative estimate of drug-likeness (QED) is 0.202. The summed E-state index contributed by atoms with van der Waals surface area (Å²) in [6.45, 7) is 0. The van der Waals surface area contributed by atoms with Crippen LogP contribution in [0.1, 0.15) is 27.0 Å². The van der Waals surface area contributed by atoms with Gasteiger partial charge in [0.15, 0.2) is 4.34 Å². The average molecular weight is 472 g/mol. The summed E-state index contributed by atoms with van der Waals surface area (Å²) in [4.78, 5) is 16.8. The van der Waals surface area contributed by atoms with Crippen molar-refractivity contribution in [3.05, 3.63) is 95.1 Å². The van der Waals surface area contributed by atoms with E-state index in [4.69, 9.17) is 0 Å². The Morgan fingerprint density at radius 1 is 1.03 bits per heavy atom. The molecule has 1 N–H and O–H groups in total. The minimum absolute atomic E-state index is 0.404. The molecule has 0 bridgehead atoms. The van der Waals surface area contributed by atoms with E-state index in [0.717, 1.165) is 38.0 Å². The van der Waals surface area contributed by atoms with E-state index in [1.165, 1.54) is 18.3 Å². The summed E-state index contributed by atoms with van der Waals surface area (Å²) >= 11 is 3.29. The third kappa shape index (κ3) is 5.54. The van der Waals surface area contributed by atoms with E-state index in [-0.39, 0.29) is 0 Å². The van der Waals surface area contributed by atoms with Crippen LogP contribution < -0.4 is 5.43 Å². The van der Waals surface area contributed by atoms with Crippen LogP contribution in [0.15, 0.2) is 82.2 Å². The van der Waals surface area contributed by atoms with Crippen molar-refractivity contribution in [2.75, 3.05) is 0 Å². The number of carbonyl (C=O) groups is 1. The molecule has 0 saturated carbocycles. The zero-order valence-electron chi connectivity index (χ0n) is 16.5. The summed E-state index contributed by atoms with van der Waals surface area (Å²) in [6.07, 6.45) is -3.09. The largest absolute Gasteiger partial charge is 0.416 e. The van der Waals surface area contributed by atoms with Crippen molar-refractivity contribution >= 4 is 45.4 Å². The van der Waals surface area contributed by atoms with Crippen LogP contribution in [0.3, 0.4) is 0 Å². The van der Waals surface area contributed by atoms with E-state index in [2.05, 4.69) is 15.5 Å². The third-order valence-electron chi connectivity index (χ3n) is 4.47. The number of hydrogen-bond donors (Lipinski definition) is 1. The standard InChI is InChI=1S/C23H16F3N3OS2/c24-23(25,26)18-11-7-15(8-12-18)13-27-29-21(30)17-9-5-16(6-10-17)14-31-22-28-19-3-1-2-4-20(19)32-22/h1-13H,14H2,(H,29,30). The maximum absolute atomic E-state index is 12.6. The van der Waals surface area contributed by atoms with Crippen molar-refractivity contribution in [3.8, 4) is 0 Å². The summed E-state index contributed by atoms with van der Waals surface area (Å²) in [5.41, 5.74) is 4.57. The Bertz CT molecular complexity index is 1220. The summed E-state index contributed by atoms with van der Waals surface area (Å²) in [7, 11) is 0. The molecule has 0 fully saturated rings. The summed E-state index contributed by atoms with van der Waals surface area (Å²) < 4.78 is 39.9. The molecule has 32 heavy (non-hydrogen) atoms. The van der Waals surface area contributed by atoms with Gasteiger partial charge in [-0.3, -0.25) is 4.79 Å². The number of para-hydroxylation sites is 1. The molecule has 1 amide bonds.